The second-order valence-corrected chi connectivity index (χ2v) is 5.19. The zero-order chi connectivity index (χ0) is 12.9. The van der Waals surface area contributed by atoms with Gasteiger partial charge in [-0.1, -0.05) is 19.3 Å². The molecular weight excluding hydrogens is 222 g/mol. The quantitative estimate of drug-likeness (QED) is 0.644. The van der Waals surface area contributed by atoms with Crippen molar-refractivity contribution < 1.29 is 19.7 Å². The molecule has 0 saturated heterocycles. The van der Waals surface area contributed by atoms with Crippen LogP contribution in [-0.4, -0.2) is 47.6 Å². The monoisotopic (exact) mass is 245 g/mol. The summed E-state index contributed by atoms with van der Waals surface area (Å²) >= 11 is 0. The van der Waals surface area contributed by atoms with Gasteiger partial charge in [-0.05, 0) is 19.8 Å². The number of ether oxygens (including phenoxy) is 1. The normalized spacial score (nSPS) is 23.0. The van der Waals surface area contributed by atoms with Crippen LogP contribution in [0, 0.1) is 0 Å². The van der Waals surface area contributed by atoms with Gasteiger partial charge in [0.1, 0.15) is 5.54 Å². The molecule has 5 nitrogen and oxygen atoms in total. The molecule has 1 unspecified atom stereocenters. The van der Waals surface area contributed by atoms with Gasteiger partial charge < -0.3 is 14.9 Å². The molecule has 1 rings (SSSR count). The number of hydrogen-bond donors (Lipinski definition) is 3. The fourth-order valence-corrected chi connectivity index (χ4v) is 2.58. The number of aliphatic hydroxyl groups excluding tert-OH is 1. The predicted octanol–water partition coefficient (Wildman–Crippen LogP) is 0.761. The number of nitrogens with one attached hydrogen (secondary N) is 1. The Kier molecular flexibility index (Phi) is 4.91. The highest BCUT2D eigenvalue weighted by molar-refractivity contribution is 5.78. The van der Waals surface area contributed by atoms with Gasteiger partial charge in [-0.3, -0.25) is 10.1 Å². The van der Waals surface area contributed by atoms with Crippen LogP contribution in [0.1, 0.15) is 39.0 Å². The lowest BCUT2D eigenvalue weighted by Gasteiger charge is -2.42. The van der Waals surface area contributed by atoms with Crippen molar-refractivity contribution in [3.05, 3.63) is 0 Å². The van der Waals surface area contributed by atoms with Crippen molar-refractivity contribution >= 4 is 5.97 Å². The molecule has 3 N–H and O–H groups in total. The van der Waals surface area contributed by atoms with Crippen LogP contribution in [0.2, 0.25) is 0 Å². The third kappa shape index (κ3) is 3.40. The molecular formula is C12H23NO4. The predicted molar refractivity (Wildman–Crippen MR) is 64.0 cm³/mol. The molecule has 0 aliphatic heterocycles. The highest BCUT2D eigenvalue weighted by Crippen LogP contribution is 2.30. The fraction of sp³-hybridized carbons (Fsp3) is 0.917. The van der Waals surface area contributed by atoms with Gasteiger partial charge in [-0.25, -0.2) is 0 Å². The van der Waals surface area contributed by atoms with E-state index in [0.717, 1.165) is 32.1 Å². The number of hydrogen-bond acceptors (Lipinski definition) is 4. The van der Waals surface area contributed by atoms with E-state index < -0.39 is 17.0 Å². The highest BCUT2D eigenvalue weighted by atomic mass is 16.5. The summed E-state index contributed by atoms with van der Waals surface area (Å²) in [6.07, 6.45) is 4.83. The first-order valence-electron chi connectivity index (χ1n) is 6.11. The summed E-state index contributed by atoms with van der Waals surface area (Å²) in [6.45, 7) is 1.66. The third-order valence-electron chi connectivity index (χ3n) is 3.56. The van der Waals surface area contributed by atoms with E-state index in [2.05, 4.69) is 5.32 Å². The Morgan fingerprint density at radius 2 is 2.00 bits per heavy atom. The molecule has 0 amide bonds. The highest BCUT2D eigenvalue weighted by Gasteiger charge is 2.42. The van der Waals surface area contributed by atoms with Crippen molar-refractivity contribution in [2.45, 2.75) is 50.1 Å². The zero-order valence-corrected chi connectivity index (χ0v) is 10.7. The van der Waals surface area contributed by atoms with Crippen LogP contribution >= 0.6 is 0 Å². The van der Waals surface area contributed by atoms with E-state index in [0.29, 0.717) is 0 Å². The first kappa shape index (κ1) is 14.4. The molecule has 0 aromatic heterocycles. The lowest BCUT2D eigenvalue weighted by atomic mass is 9.80. The van der Waals surface area contributed by atoms with Gasteiger partial charge in [0.15, 0.2) is 0 Å². The van der Waals surface area contributed by atoms with Crippen molar-refractivity contribution in [1.82, 2.24) is 5.32 Å². The van der Waals surface area contributed by atoms with Crippen molar-refractivity contribution in [1.29, 1.82) is 0 Å². The third-order valence-corrected chi connectivity index (χ3v) is 3.56. The van der Waals surface area contributed by atoms with E-state index in [4.69, 9.17) is 4.74 Å². The van der Waals surface area contributed by atoms with Crippen LogP contribution in [0.25, 0.3) is 0 Å². The number of aliphatic hydroxyl groups is 1. The van der Waals surface area contributed by atoms with Gasteiger partial charge in [-0.15, -0.1) is 0 Å². The minimum atomic E-state index is -1.14. The number of aliphatic carboxylic acids is 1. The zero-order valence-electron chi connectivity index (χ0n) is 10.7. The Balaban J connectivity index is 2.79. The summed E-state index contributed by atoms with van der Waals surface area (Å²) in [7, 11) is 1.48. The number of methoxy groups -OCH3 is 1. The number of carbonyl (C=O) groups is 1. The molecule has 1 aliphatic rings. The first-order chi connectivity index (χ1) is 7.98. The van der Waals surface area contributed by atoms with E-state index in [9.17, 15) is 15.0 Å². The lowest BCUT2D eigenvalue weighted by Crippen LogP contribution is -2.64. The molecule has 1 aliphatic carbocycles. The van der Waals surface area contributed by atoms with Crippen LogP contribution < -0.4 is 5.32 Å². The minimum absolute atomic E-state index is 0.0282. The maximum Gasteiger partial charge on any atom is 0.326 e. The van der Waals surface area contributed by atoms with E-state index in [1.807, 2.05) is 0 Å². The number of carboxylic acids is 1. The molecule has 1 fully saturated rings. The maximum absolute atomic E-state index is 11.3. The van der Waals surface area contributed by atoms with Crippen LogP contribution in [0.15, 0.2) is 0 Å². The maximum atomic E-state index is 11.3. The van der Waals surface area contributed by atoms with E-state index >= 15 is 0 Å². The summed E-state index contributed by atoms with van der Waals surface area (Å²) in [4.78, 5) is 11.3. The minimum Gasteiger partial charge on any atom is -0.480 e. The Bertz CT molecular complexity index is 263. The van der Waals surface area contributed by atoms with Gasteiger partial charge in [0.2, 0.25) is 0 Å². The van der Waals surface area contributed by atoms with Gasteiger partial charge in [-0.2, -0.15) is 0 Å². The molecule has 17 heavy (non-hydrogen) atoms. The topological polar surface area (TPSA) is 78.8 Å². The second kappa shape index (κ2) is 5.80. The Labute approximate surface area is 102 Å². The van der Waals surface area contributed by atoms with Crippen molar-refractivity contribution in [3.63, 3.8) is 0 Å². The SMILES string of the molecule is COCC(C)(NC1(CO)CCCCC1)C(=O)O. The van der Waals surface area contributed by atoms with Gasteiger partial charge >= 0.3 is 5.97 Å². The summed E-state index contributed by atoms with van der Waals surface area (Å²) < 4.78 is 4.97. The Morgan fingerprint density at radius 3 is 2.41 bits per heavy atom. The van der Waals surface area contributed by atoms with Crippen molar-refractivity contribution in [2.24, 2.45) is 0 Å². The molecule has 5 heteroatoms. The molecule has 0 heterocycles. The second-order valence-electron chi connectivity index (χ2n) is 5.19. The summed E-state index contributed by atoms with van der Waals surface area (Å²) in [5.41, 5.74) is -1.61. The van der Waals surface area contributed by atoms with Gasteiger partial charge in [0.05, 0.1) is 13.2 Å². The largest absolute Gasteiger partial charge is 0.480 e. The summed E-state index contributed by atoms with van der Waals surface area (Å²) in [6, 6.07) is 0. The smallest absolute Gasteiger partial charge is 0.326 e. The van der Waals surface area contributed by atoms with Gasteiger partial charge in [0, 0.05) is 12.6 Å². The first-order valence-corrected chi connectivity index (χ1v) is 6.11. The number of rotatable bonds is 6. The molecule has 0 aromatic rings. The lowest BCUT2D eigenvalue weighted by molar-refractivity contribution is -0.148. The average Bonchev–Trinajstić information content (AvgIpc) is 2.30. The van der Waals surface area contributed by atoms with E-state index in [1.54, 1.807) is 6.92 Å². The van der Waals surface area contributed by atoms with Crippen LogP contribution in [0.5, 0.6) is 0 Å². The molecule has 1 saturated carbocycles. The standard InChI is InChI=1S/C12H23NO4/c1-11(9-17-2,10(15)16)13-12(8-14)6-4-3-5-7-12/h13-14H,3-9H2,1-2H3,(H,15,16). The Morgan fingerprint density at radius 1 is 1.41 bits per heavy atom. The molecule has 0 spiro atoms. The molecule has 100 valence electrons. The number of carboxylic acid groups (broad SMARTS) is 1. The fourth-order valence-electron chi connectivity index (χ4n) is 2.58. The van der Waals surface area contributed by atoms with Crippen molar-refractivity contribution in [3.8, 4) is 0 Å². The van der Waals surface area contributed by atoms with Crippen LogP contribution in [-0.2, 0) is 9.53 Å². The average molecular weight is 245 g/mol. The molecule has 0 radical (unpaired) electrons. The molecule has 1 atom stereocenters. The van der Waals surface area contributed by atoms with Gasteiger partial charge in [0.25, 0.3) is 0 Å². The van der Waals surface area contributed by atoms with Crippen molar-refractivity contribution in [2.75, 3.05) is 20.3 Å². The van der Waals surface area contributed by atoms with E-state index in [-0.39, 0.29) is 13.2 Å². The Hall–Kier alpha value is -0.650. The van der Waals surface area contributed by atoms with Crippen LogP contribution in [0.4, 0.5) is 0 Å². The van der Waals surface area contributed by atoms with E-state index in [1.165, 1.54) is 7.11 Å². The van der Waals surface area contributed by atoms with Crippen LogP contribution in [0.3, 0.4) is 0 Å². The molecule has 0 aromatic carbocycles. The summed E-state index contributed by atoms with van der Waals surface area (Å²) in [5, 5.41) is 22.0. The summed E-state index contributed by atoms with van der Waals surface area (Å²) in [5.74, 6) is -0.947. The molecule has 0 bridgehead atoms.